The molecule has 0 bridgehead atoms. The number of nitrogens with one attached hydrogen (secondary N) is 1. The number of hydrogen-bond acceptors (Lipinski definition) is 2. The summed E-state index contributed by atoms with van der Waals surface area (Å²) in [4.78, 5) is 16.9. The number of benzene rings is 1. The summed E-state index contributed by atoms with van der Waals surface area (Å²) in [6, 6.07) is 11.6. The first kappa shape index (κ1) is 13.4. The number of amides is 1. The Morgan fingerprint density at radius 3 is 2.67 bits per heavy atom. The van der Waals surface area contributed by atoms with E-state index in [-0.39, 0.29) is 5.91 Å². The maximum absolute atomic E-state index is 12.5. The third-order valence-corrected chi connectivity index (χ3v) is 3.68. The Morgan fingerprint density at radius 2 is 1.90 bits per heavy atom. The van der Waals surface area contributed by atoms with Gasteiger partial charge in [0.1, 0.15) is 11.3 Å². The van der Waals surface area contributed by atoms with E-state index >= 15 is 0 Å². The highest BCUT2D eigenvalue weighted by atomic mass is 16.2. The van der Waals surface area contributed by atoms with Crippen LogP contribution in [0.25, 0.3) is 5.65 Å². The molecule has 0 aliphatic heterocycles. The second-order valence-electron chi connectivity index (χ2n) is 5.23. The molecule has 3 rings (SSSR count). The zero-order valence-corrected chi connectivity index (χ0v) is 12.3. The van der Waals surface area contributed by atoms with Crippen molar-refractivity contribution in [3.05, 3.63) is 65.1 Å². The van der Waals surface area contributed by atoms with E-state index in [9.17, 15) is 4.79 Å². The van der Waals surface area contributed by atoms with Gasteiger partial charge in [0.25, 0.3) is 5.91 Å². The Hall–Kier alpha value is -2.62. The van der Waals surface area contributed by atoms with Gasteiger partial charge in [-0.3, -0.25) is 9.20 Å². The van der Waals surface area contributed by atoms with Crippen LogP contribution in [0.3, 0.4) is 0 Å². The lowest BCUT2D eigenvalue weighted by molar-refractivity contribution is 0.102. The van der Waals surface area contributed by atoms with E-state index < -0.39 is 0 Å². The number of nitrogens with zero attached hydrogens (tertiary/aromatic N) is 2. The summed E-state index contributed by atoms with van der Waals surface area (Å²) in [7, 11) is 0. The summed E-state index contributed by atoms with van der Waals surface area (Å²) < 4.78 is 1.81. The molecule has 0 spiro atoms. The maximum Gasteiger partial charge on any atom is 0.274 e. The number of pyridine rings is 1. The van der Waals surface area contributed by atoms with E-state index in [0.717, 1.165) is 22.6 Å². The highest BCUT2D eigenvalue weighted by molar-refractivity contribution is 6.04. The first-order valence-corrected chi connectivity index (χ1v) is 6.88. The van der Waals surface area contributed by atoms with Crippen LogP contribution >= 0.6 is 0 Å². The summed E-state index contributed by atoms with van der Waals surface area (Å²) in [6.45, 7) is 5.93. The maximum atomic E-state index is 12.5. The number of anilines is 1. The molecule has 2 heterocycles. The summed E-state index contributed by atoms with van der Waals surface area (Å²) in [5.41, 5.74) is 5.24. The average molecular weight is 279 g/mol. The molecule has 0 fully saturated rings. The van der Waals surface area contributed by atoms with Crippen LogP contribution in [0, 0.1) is 20.8 Å². The minimum Gasteiger partial charge on any atom is -0.321 e. The van der Waals surface area contributed by atoms with Gasteiger partial charge in [-0.1, -0.05) is 12.1 Å². The van der Waals surface area contributed by atoms with Crippen molar-refractivity contribution in [2.75, 3.05) is 5.32 Å². The first-order valence-electron chi connectivity index (χ1n) is 6.88. The monoisotopic (exact) mass is 279 g/mol. The minimum atomic E-state index is -0.144. The number of carbonyl (C=O) groups excluding carboxylic acids is 1. The van der Waals surface area contributed by atoms with Gasteiger partial charge in [-0.05, 0) is 56.2 Å². The van der Waals surface area contributed by atoms with Gasteiger partial charge in [0, 0.05) is 11.9 Å². The van der Waals surface area contributed by atoms with E-state index in [1.165, 1.54) is 5.56 Å². The smallest absolute Gasteiger partial charge is 0.274 e. The Kier molecular flexibility index (Phi) is 3.22. The number of aromatic nitrogens is 2. The van der Waals surface area contributed by atoms with Crippen LogP contribution in [0.1, 0.15) is 27.3 Å². The molecule has 1 N–H and O–H groups in total. The van der Waals surface area contributed by atoms with Crippen LogP contribution in [-0.4, -0.2) is 15.3 Å². The highest BCUT2D eigenvalue weighted by Gasteiger charge is 2.16. The van der Waals surface area contributed by atoms with E-state index in [0.29, 0.717) is 5.69 Å². The lowest BCUT2D eigenvalue weighted by atomic mass is 10.1. The lowest BCUT2D eigenvalue weighted by Gasteiger charge is -2.08. The summed E-state index contributed by atoms with van der Waals surface area (Å²) in [5, 5.41) is 2.95. The Morgan fingerprint density at radius 1 is 1.10 bits per heavy atom. The molecule has 21 heavy (non-hydrogen) atoms. The van der Waals surface area contributed by atoms with Gasteiger partial charge in [0.2, 0.25) is 0 Å². The van der Waals surface area contributed by atoms with Crippen LogP contribution in [0.2, 0.25) is 0 Å². The molecular formula is C17H17N3O. The Balaban J connectivity index is 1.97. The summed E-state index contributed by atoms with van der Waals surface area (Å²) in [5.74, 6) is -0.144. The zero-order valence-electron chi connectivity index (χ0n) is 12.3. The second kappa shape index (κ2) is 5.05. The van der Waals surface area contributed by atoms with Crippen molar-refractivity contribution >= 4 is 17.2 Å². The molecule has 0 saturated heterocycles. The lowest BCUT2D eigenvalue weighted by Crippen LogP contribution is -2.15. The molecule has 0 aliphatic rings. The van der Waals surface area contributed by atoms with Crippen LogP contribution < -0.4 is 5.32 Å². The van der Waals surface area contributed by atoms with Gasteiger partial charge in [-0.25, -0.2) is 4.98 Å². The third-order valence-electron chi connectivity index (χ3n) is 3.68. The topological polar surface area (TPSA) is 46.4 Å². The predicted octanol–water partition coefficient (Wildman–Crippen LogP) is 3.51. The van der Waals surface area contributed by atoms with E-state index in [1.807, 2.05) is 60.8 Å². The fraction of sp³-hybridized carbons (Fsp3) is 0.176. The summed E-state index contributed by atoms with van der Waals surface area (Å²) in [6.07, 6.45) is 1.85. The zero-order chi connectivity index (χ0) is 15.0. The summed E-state index contributed by atoms with van der Waals surface area (Å²) >= 11 is 0. The van der Waals surface area contributed by atoms with E-state index in [1.54, 1.807) is 0 Å². The predicted molar refractivity (Wildman–Crippen MR) is 83.8 cm³/mol. The molecule has 4 heteroatoms. The first-order chi connectivity index (χ1) is 10.1. The van der Waals surface area contributed by atoms with Gasteiger partial charge < -0.3 is 5.32 Å². The fourth-order valence-corrected chi connectivity index (χ4v) is 2.40. The molecule has 3 aromatic rings. The quantitative estimate of drug-likeness (QED) is 0.780. The molecule has 4 nitrogen and oxygen atoms in total. The van der Waals surface area contributed by atoms with Crippen LogP contribution in [0.5, 0.6) is 0 Å². The van der Waals surface area contributed by atoms with Crippen molar-refractivity contribution in [1.82, 2.24) is 9.38 Å². The van der Waals surface area contributed by atoms with Crippen molar-refractivity contribution in [2.24, 2.45) is 0 Å². The fourth-order valence-electron chi connectivity index (χ4n) is 2.40. The second-order valence-corrected chi connectivity index (χ2v) is 5.23. The Labute approximate surface area is 123 Å². The van der Waals surface area contributed by atoms with Crippen LogP contribution in [-0.2, 0) is 0 Å². The number of hydrogen-bond donors (Lipinski definition) is 1. The molecule has 0 atom stereocenters. The largest absolute Gasteiger partial charge is 0.321 e. The van der Waals surface area contributed by atoms with Gasteiger partial charge in [-0.15, -0.1) is 0 Å². The van der Waals surface area contributed by atoms with Crippen molar-refractivity contribution in [2.45, 2.75) is 20.8 Å². The molecule has 1 aromatic carbocycles. The van der Waals surface area contributed by atoms with Gasteiger partial charge in [0.15, 0.2) is 0 Å². The molecule has 1 amide bonds. The number of fused-ring (bicyclic) bond motifs is 1. The van der Waals surface area contributed by atoms with Crippen LogP contribution in [0.4, 0.5) is 5.69 Å². The van der Waals surface area contributed by atoms with Crippen molar-refractivity contribution < 1.29 is 4.79 Å². The minimum absolute atomic E-state index is 0.144. The number of carbonyl (C=O) groups is 1. The molecule has 2 aromatic heterocycles. The third kappa shape index (κ3) is 2.40. The van der Waals surface area contributed by atoms with E-state index in [4.69, 9.17) is 0 Å². The highest BCUT2D eigenvalue weighted by Crippen LogP contribution is 2.17. The van der Waals surface area contributed by atoms with E-state index in [2.05, 4.69) is 17.2 Å². The molecule has 0 radical (unpaired) electrons. The molecule has 106 valence electrons. The van der Waals surface area contributed by atoms with Gasteiger partial charge >= 0.3 is 0 Å². The van der Waals surface area contributed by atoms with Crippen molar-refractivity contribution in [3.63, 3.8) is 0 Å². The molecule has 0 aliphatic carbocycles. The normalized spacial score (nSPS) is 10.8. The van der Waals surface area contributed by atoms with Crippen molar-refractivity contribution in [1.29, 1.82) is 0 Å². The standard InChI is InChI=1S/C17H17N3O/c1-11-7-8-14(10-12(11)2)19-17(21)16-13(3)18-15-6-4-5-9-20(15)16/h4-10H,1-3H3,(H,19,21). The molecule has 0 unspecified atom stereocenters. The van der Waals surface area contributed by atoms with Gasteiger partial charge in [-0.2, -0.15) is 0 Å². The molecular weight excluding hydrogens is 262 g/mol. The Bertz CT molecular complexity index is 833. The van der Waals surface area contributed by atoms with Crippen molar-refractivity contribution in [3.8, 4) is 0 Å². The number of imidazole rings is 1. The molecule has 0 saturated carbocycles. The average Bonchev–Trinajstić information content (AvgIpc) is 2.78. The van der Waals surface area contributed by atoms with Crippen LogP contribution in [0.15, 0.2) is 42.6 Å². The number of rotatable bonds is 2. The number of aryl methyl sites for hydroxylation is 3. The SMILES string of the molecule is Cc1ccc(NC(=O)c2c(C)nc3ccccn23)cc1C. The van der Waals surface area contributed by atoms with Gasteiger partial charge in [0.05, 0.1) is 5.69 Å².